The SMILES string of the molecule is CCCCCC1=C(c2cc(CCCC)cc(CCCC)c2)[N+](=[N-])C(c2cc(CCCC)cc(CCCC)c2)=C1CCCC. The van der Waals surface area contributed by atoms with Crippen LogP contribution in [0, 0.1) is 0 Å². The minimum atomic E-state index is 1.02. The van der Waals surface area contributed by atoms with Crippen LogP contribution in [0.1, 0.15) is 171 Å². The topological polar surface area (TPSA) is 25.3 Å². The number of hydrogen-bond acceptors (Lipinski definition) is 0. The Hall–Kier alpha value is -2.48. The summed E-state index contributed by atoms with van der Waals surface area (Å²) >= 11 is 0. The van der Waals surface area contributed by atoms with Gasteiger partial charge in [0, 0.05) is 22.3 Å². The van der Waals surface area contributed by atoms with Crippen LogP contribution in [-0.4, -0.2) is 4.70 Å². The predicted octanol–water partition coefficient (Wildman–Crippen LogP) is 13.0. The zero-order valence-electron chi connectivity index (χ0n) is 28.8. The van der Waals surface area contributed by atoms with E-state index < -0.39 is 0 Å². The molecule has 0 N–H and O–H groups in total. The highest BCUT2D eigenvalue weighted by atomic mass is 15.2. The molecule has 1 aliphatic rings. The van der Waals surface area contributed by atoms with Gasteiger partial charge in [-0.1, -0.05) is 98.6 Å². The Bertz CT molecular complexity index is 1180. The second kappa shape index (κ2) is 19.0. The van der Waals surface area contributed by atoms with Crippen LogP contribution in [0.4, 0.5) is 0 Å². The van der Waals surface area contributed by atoms with Gasteiger partial charge >= 0.3 is 0 Å². The molecular weight excluding hydrogens is 520 g/mol. The van der Waals surface area contributed by atoms with Crippen molar-refractivity contribution in [2.24, 2.45) is 0 Å². The summed E-state index contributed by atoms with van der Waals surface area (Å²) < 4.78 is 1.64. The van der Waals surface area contributed by atoms with E-state index in [4.69, 9.17) is 0 Å². The zero-order valence-corrected chi connectivity index (χ0v) is 28.8. The molecule has 0 saturated heterocycles. The molecule has 1 aliphatic heterocycles. The fourth-order valence-electron chi connectivity index (χ4n) is 6.59. The molecule has 2 aromatic carbocycles. The van der Waals surface area contributed by atoms with E-state index in [0.29, 0.717) is 0 Å². The Morgan fingerprint density at radius 3 is 1.02 bits per heavy atom. The van der Waals surface area contributed by atoms with E-state index in [2.05, 4.69) is 77.9 Å². The summed E-state index contributed by atoms with van der Waals surface area (Å²) in [6.45, 7) is 13.7. The summed E-state index contributed by atoms with van der Waals surface area (Å²) in [6.07, 6.45) is 22.0. The maximum atomic E-state index is 12.3. The van der Waals surface area contributed by atoms with Gasteiger partial charge in [-0.3, -0.25) is 0 Å². The summed E-state index contributed by atoms with van der Waals surface area (Å²) in [5, 5.41) is 0. The second-order valence-corrected chi connectivity index (χ2v) is 13.0. The largest absolute Gasteiger partial charge is 0.493 e. The molecule has 0 saturated carbocycles. The molecule has 2 heteroatoms. The zero-order chi connectivity index (χ0) is 31.0. The van der Waals surface area contributed by atoms with Crippen molar-refractivity contribution in [3.05, 3.63) is 86.5 Å². The van der Waals surface area contributed by atoms with Crippen molar-refractivity contribution in [2.45, 2.75) is 164 Å². The lowest BCUT2D eigenvalue weighted by molar-refractivity contribution is -0.345. The smallest absolute Gasteiger partial charge is 0.211 e. The van der Waals surface area contributed by atoms with Crippen LogP contribution in [0.3, 0.4) is 0 Å². The molecule has 0 aliphatic carbocycles. The summed E-state index contributed by atoms with van der Waals surface area (Å²) in [4.78, 5) is 0. The fourth-order valence-corrected chi connectivity index (χ4v) is 6.59. The first kappa shape index (κ1) is 35.0. The van der Waals surface area contributed by atoms with Gasteiger partial charge in [-0.2, -0.15) is 0 Å². The van der Waals surface area contributed by atoms with Gasteiger partial charge in [-0.05, 0) is 124 Å². The van der Waals surface area contributed by atoms with Crippen molar-refractivity contribution in [3.8, 4) is 0 Å². The average molecular weight is 583 g/mol. The Labute approximate surface area is 265 Å². The molecule has 236 valence electrons. The molecule has 0 radical (unpaired) electrons. The van der Waals surface area contributed by atoms with Crippen LogP contribution in [-0.2, 0) is 25.7 Å². The number of rotatable bonds is 21. The Kier molecular flexibility index (Phi) is 15.5. The lowest BCUT2D eigenvalue weighted by atomic mass is 9.90. The number of aryl methyl sites for hydroxylation is 4. The Morgan fingerprint density at radius 1 is 0.395 bits per heavy atom. The van der Waals surface area contributed by atoms with Crippen molar-refractivity contribution in [1.82, 2.24) is 0 Å². The molecule has 0 spiro atoms. The average Bonchev–Trinajstić information content (AvgIpc) is 3.29. The summed E-state index contributed by atoms with van der Waals surface area (Å²) in [5.41, 5.74) is 25.3. The van der Waals surface area contributed by atoms with Crippen molar-refractivity contribution in [3.63, 3.8) is 0 Å². The maximum Gasteiger partial charge on any atom is 0.211 e. The minimum Gasteiger partial charge on any atom is -0.493 e. The van der Waals surface area contributed by atoms with Gasteiger partial charge in [0.15, 0.2) is 0 Å². The standard InChI is InChI=1S/C41H62N2/c1-7-13-19-25-39-38(24-18-12-6)40(36-28-32(20-14-8-2)26-33(29-36)21-15-9-3)43(42)41(39)37-30-34(22-16-10-4)27-35(31-37)23-17-11-5/h26-31H,7-25H2,1-6H3. The van der Waals surface area contributed by atoms with Gasteiger partial charge in [0.05, 0.1) is 0 Å². The van der Waals surface area contributed by atoms with E-state index in [1.165, 1.54) is 115 Å². The third-order valence-corrected chi connectivity index (χ3v) is 9.10. The second-order valence-electron chi connectivity index (χ2n) is 13.0. The van der Waals surface area contributed by atoms with Crippen molar-refractivity contribution < 1.29 is 4.70 Å². The van der Waals surface area contributed by atoms with E-state index in [-0.39, 0.29) is 0 Å². The number of nitrogens with zero attached hydrogens (tertiary/aromatic N) is 2. The predicted molar refractivity (Wildman–Crippen MR) is 188 cm³/mol. The number of benzene rings is 2. The molecule has 3 rings (SSSR count). The maximum absolute atomic E-state index is 12.3. The minimum absolute atomic E-state index is 1.02. The number of allylic oxidation sites excluding steroid dienone is 2. The van der Waals surface area contributed by atoms with Gasteiger partial charge in [0.25, 0.3) is 0 Å². The molecule has 0 aromatic heterocycles. The van der Waals surface area contributed by atoms with Gasteiger partial charge in [0.1, 0.15) is 0 Å². The fraction of sp³-hybridized carbons (Fsp3) is 0.610. The van der Waals surface area contributed by atoms with Gasteiger partial charge in [-0.15, -0.1) is 0 Å². The van der Waals surface area contributed by atoms with Gasteiger partial charge in [-0.25, -0.2) is 4.70 Å². The quantitative estimate of drug-likeness (QED) is 0.103. The molecule has 2 aromatic rings. The van der Waals surface area contributed by atoms with Crippen molar-refractivity contribution in [1.29, 1.82) is 0 Å². The molecular formula is C41H62N2. The first-order valence-electron chi connectivity index (χ1n) is 18.2. The van der Waals surface area contributed by atoms with Crippen LogP contribution in [0.2, 0.25) is 0 Å². The highest BCUT2D eigenvalue weighted by molar-refractivity contribution is 5.82. The summed E-state index contributed by atoms with van der Waals surface area (Å²) in [6, 6.07) is 14.5. The Morgan fingerprint density at radius 2 is 0.698 bits per heavy atom. The summed E-state index contributed by atoms with van der Waals surface area (Å²) in [7, 11) is 0. The molecule has 43 heavy (non-hydrogen) atoms. The highest BCUT2D eigenvalue weighted by Crippen LogP contribution is 2.45. The first-order chi connectivity index (χ1) is 21.0. The van der Waals surface area contributed by atoms with E-state index in [9.17, 15) is 5.53 Å². The molecule has 0 unspecified atom stereocenters. The molecule has 0 bridgehead atoms. The van der Waals surface area contributed by atoms with Crippen LogP contribution in [0.25, 0.3) is 16.9 Å². The van der Waals surface area contributed by atoms with Crippen molar-refractivity contribution >= 4 is 11.4 Å². The summed E-state index contributed by atoms with van der Waals surface area (Å²) in [5.74, 6) is 0. The van der Waals surface area contributed by atoms with Crippen LogP contribution < -0.4 is 0 Å². The molecule has 0 fully saturated rings. The number of hydrogen-bond donors (Lipinski definition) is 0. The highest BCUT2D eigenvalue weighted by Gasteiger charge is 2.35. The van der Waals surface area contributed by atoms with Crippen LogP contribution >= 0.6 is 0 Å². The monoisotopic (exact) mass is 582 g/mol. The third kappa shape index (κ3) is 10.0. The van der Waals surface area contributed by atoms with E-state index in [1.54, 1.807) is 4.70 Å². The van der Waals surface area contributed by atoms with Gasteiger partial charge in [0.2, 0.25) is 11.4 Å². The molecule has 0 atom stereocenters. The molecule has 1 heterocycles. The number of unbranched alkanes of at least 4 members (excludes halogenated alkanes) is 7. The van der Waals surface area contributed by atoms with Gasteiger partial charge < -0.3 is 5.53 Å². The third-order valence-electron chi connectivity index (χ3n) is 9.10. The van der Waals surface area contributed by atoms with E-state index >= 15 is 0 Å². The lowest BCUT2D eigenvalue weighted by Crippen LogP contribution is -2.05. The van der Waals surface area contributed by atoms with E-state index in [0.717, 1.165) is 62.8 Å². The first-order valence-corrected chi connectivity index (χ1v) is 18.2. The van der Waals surface area contributed by atoms with Crippen LogP contribution in [0.15, 0.2) is 47.5 Å². The normalized spacial score (nSPS) is 13.6. The lowest BCUT2D eigenvalue weighted by Gasteiger charge is -2.14. The van der Waals surface area contributed by atoms with Crippen molar-refractivity contribution in [2.75, 3.05) is 0 Å². The van der Waals surface area contributed by atoms with E-state index in [1.807, 2.05) is 0 Å². The Balaban J connectivity index is 2.22. The van der Waals surface area contributed by atoms with Crippen LogP contribution in [0.5, 0.6) is 0 Å². The molecule has 2 nitrogen and oxygen atoms in total. The molecule has 0 amide bonds.